The lowest BCUT2D eigenvalue weighted by molar-refractivity contribution is -0.189. The van der Waals surface area contributed by atoms with E-state index in [9.17, 15) is 18.0 Å². The molecule has 0 saturated carbocycles. The minimum atomic E-state index is -4.65. The zero-order valence-electron chi connectivity index (χ0n) is 11.4. The molecule has 0 heterocycles. The molecule has 0 saturated heterocycles. The van der Waals surface area contributed by atoms with Crippen molar-refractivity contribution < 1.29 is 22.7 Å². The zero-order chi connectivity index (χ0) is 15.4. The SMILES string of the molecule is CCC(CC)(C(=O)Oc1ccccc1)[C@@H](N)C(F)(F)F. The average molecular weight is 289 g/mol. The van der Waals surface area contributed by atoms with Crippen LogP contribution in [0.25, 0.3) is 0 Å². The van der Waals surface area contributed by atoms with E-state index in [0.29, 0.717) is 0 Å². The van der Waals surface area contributed by atoms with Gasteiger partial charge in [-0.05, 0) is 25.0 Å². The predicted octanol–water partition coefficient (Wildman–Crippen LogP) is 3.29. The second kappa shape index (κ2) is 6.26. The van der Waals surface area contributed by atoms with Crippen LogP contribution in [-0.2, 0) is 4.79 Å². The summed E-state index contributed by atoms with van der Waals surface area (Å²) >= 11 is 0. The van der Waals surface area contributed by atoms with Crippen molar-refractivity contribution in [2.75, 3.05) is 0 Å². The molecule has 1 aromatic rings. The van der Waals surface area contributed by atoms with Gasteiger partial charge in [0.15, 0.2) is 0 Å². The van der Waals surface area contributed by atoms with Crippen molar-refractivity contribution in [1.82, 2.24) is 0 Å². The van der Waals surface area contributed by atoms with E-state index in [4.69, 9.17) is 10.5 Å². The third kappa shape index (κ3) is 3.30. The van der Waals surface area contributed by atoms with Crippen molar-refractivity contribution in [3.8, 4) is 5.75 Å². The molecule has 1 rings (SSSR count). The summed E-state index contributed by atoms with van der Waals surface area (Å²) in [4.78, 5) is 12.2. The largest absolute Gasteiger partial charge is 0.426 e. The highest BCUT2D eigenvalue weighted by molar-refractivity contribution is 5.80. The fraction of sp³-hybridized carbons (Fsp3) is 0.500. The normalized spacial score (nSPS) is 13.9. The summed E-state index contributed by atoms with van der Waals surface area (Å²) < 4.78 is 43.7. The highest BCUT2D eigenvalue weighted by Crippen LogP contribution is 2.39. The van der Waals surface area contributed by atoms with Crippen molar-refractivity contribution in [3.05, 3.63) is 30.3 Å². The summed E-state index contributed by atoms with van der Waals surface area (Å²) in [5, 5.41) is 0. The molecule has 0 radical (unpaired) electrons. The van der Waals surface area contributed by atoms with Crippen LogP contribution in [0.2, 0.25) is 0 Å². The molecule has 0 spiro atoms. The van der Waals surface area contributed by atoms with Gasteiger partial charge in [-0.2, -0.15) is 13.2 Å². The van der Waals surface area contributed by atoms with Gasteiger partial charge in [0.25, 0.3) is 0 Å². The van der Waals surface area contributed by atoms with Crippen LogP contribution in [-0.4, -0.2) is 18.2 Å². The van der Waals surface area contributed by atoms with Crippen molar-refractivity contribution in [2.45, 2.75) is 38.9 Å². The van der Waals surface area contributed by atoms with Crippen LogP contribution >= 0.6 is 0 Å². The Hall–Kier alpha value is -1.56. The predicted molar refractivity (Wildman–Crippen MR) is 69.1 cm³/mol. The molecular weight excluding hydrogens is 271 g/mol. The second-order valence-electron chi connectivity index (χ2n) is 4.59. The minimum Gasteiger partial charge on any atom is -0.426 e. The molecule has 0 bridgehead atoms. The molecule has 112 valence electrons. The molecular formula is C14H18F3NO2. The molecule has 0 aliphatic heterocycles. The van der Waals surface area contributed by atoms with E-state index in [1.165, 1.54) is 26.0 Å². The monoisotopic (exact) mass is 289 g/mol. The Labute approximate surface area is 115 Å². The lowest BCUT2D eigenvalue weighted by Gasteiger charge is -2.35. The average Bonchev–Trinajstić information content (AvgIpc) is 2.40. The van der Waals surface area contributed by atoms with Crippen molar-refractivity contribution in [2.24, 2.45) is 11.1 Å². The van der Waals surface area contributed by atoms with E-state index in [0.717, 1.165) is 0 Å². The van der Waals surface area contributed by atoms with Crippen LogP contribution in [0.1, 0.15) is 26.7 Å². The number of para-hydroxylation sites is 1. The second-order valence-corrected chi connectivity index (χ2v) is 4.59. The Balaban J connectivity index is 3.04. The van der Waals surface area contributed by atoms with E-state index < -0.39 is 23.6 Å². The maximum atomic E-state index is 12.9. The molecule has 6 heteroatoms. The molecule has 0 unspecified atom stereocenters. The lowest BCUT2D eigenvalue weighted by atomic mass is 9.75. The van der Waals surface area contributed by atoms with Gasteiger partial charge in [0.05, 0.1) is 5.41 Å². The number of halogens is 3. The van der Waals surface area contributed by atoms with Gasteiger partial charge in [-0.15, -0.1) is 0 Å². The number of hydrogen-bond acceptors (Lipinski definition) is 3. The Kier molecular flexibility index (Phi) is 5.16. The number of nitrogens with two attached hydrogens (primary N) is 1. The lowest BCUT2D eigenvalue weighted by Crippen LogP contribution is -2.56. The summed E-state index contributed by atoms with van der Waals surface area (Å²) in [6.45, 7) is 3.00. The van der Waals surface area contributed by atoms with Crippen molar-refractivity contribution >= 4 is 5.97 Å². The van der Waals surface area contributed by atoms with Crippen molar-refractivity contribution in [1.29, 1.82) is 0 Å². The van der Waals surface area contributed by atoms with E-state index in [1.807, 2.05) is 0 Å². The minimum absolute atomic E-state index is 0.0458. The highest BCUT2D eigenvalue weighted by atomic mass is 19.4. The topological polar surface area (TPSA) is 52.3 Å². The quantitative estimate of drug-likeness (QED) is 0.668. The van der Waals surface area contributed by atoms with Crippen LogP contribution in [0.4, 0.5) is 13.2 Å². The summed E-state index contributed by atoms with van der Waals surface area (Å²) in [5.41, 5.74) is 3.51. The van der Waals surface area contributed by atoms with Gasteiger partial charge in [0.2, 0.25) is 0 Å². The number of ether oxygens (including phenoxy) is 1. The third-order valence-electron chi connectivity index (χ3n) is 3.57. The van der Waals surface area contributed by atoms with Crippen LogP contribution in [0.15, 0.2) is 30.3 Å². The summed E-state index contributed by atoms with van der Waals surface area (Å²) in [7, 11) is 0. The van der Waals surface area contributed by atoms with Gasteiger partial charge in [0, 0.05) is 0 Å². The molecule has 1 aromatic carbocycles. The Morgan fingerprint density at radius 3 is 2.10 bits per heavy atom. The summed E-state index contributed by atoms with van der Waals surface area (Å²) in [6, 6.07) is 5.74. The number of benzene rings is 1. The Bertz CT molecular complexity index is 441. The molecule has 0 aromatic heterocycles. The molecule has 0 fully saturated rings. The van der Waals surface area contributed by atoms with E-state index in [-0.39, 0.29) is 18.6 Å². The highest BCUT2D eigenvalue weighted by Gasteiger charge is 2.54. The van der Waals surface area contributed by atoms with Gasteiger partial charge in [-0.3, -0.25) is 4.79 Å². The van der Waals surface area contributed by atoms with E-state index in [2.05, 4.69) is 0 Å². The summed E-state index contributed by atoms with van der Waals surface area (Å²) in [6.07, 6.45) is -4.74. The molecule has 0 amide bonds. The maximum absolute atomic E-state index is 12.9. The van der Waals surface area contributed by atoms with Crippen LogP contribution in [0.3, 0.4) is 0 Å². The first-order valence-electron chi connectivity index (χ1n) is 6.37. The standard InChI is InChI=1S/C14H18F3NO2/c1-3-13(4-2,11(18)14(15,16)17)12(19)20-10-8-6-5-7-9-10/h5-9,11H,3-4,18H2,1-2H3/t11-/m1/s1. The number of carbonyl (C=O) groups is 1. The number of esters is 1. The molecule has 1 atom stereocenters. The molecule has 2 N–H and O–H groups in total. The van der Waals surface area contributed by atoms with E-state index in [1.54, 1.807) is 18.2 Å². The van der Waals surface area contributed by atoms with Crippen molar-refractivity contribution in [3.63, 3.8) is 0 Å². The first kappa shape index (κ1) is 16.5. The van der Waals surface area contributed by atoms with Crippen LogP contribution in [0, 0.1) is 5.41 Å². The number of hydrogen-bond donors (Lipinski definition) is 1. The molecule has 0 aliphatic carbocycles. The third-order valence-corrected chi connectivity index (χ3v) is 3.57. The molecule has 0 aliphatic rings. The van der Waals surface area contributed by atoms with Crippen LogP contribution < -0.4 is 10.5 Å². The number of alkyl halides is 3. The van der Waals surface area contributed by atoms with Gasteiger partial charge < -0.3 is 10.5 Å². The fourth-order valence-electron chi connectivity index (χ4n) is 2.12. The number of carbonyl (C=O) groups excluding carboxylic acids is 1. The van der Waals surface area contributed by atoms with Gasteiger partial charge >= 0.3 is 12.1 Å². The Morgan fingerprint density at radius 1 is 1.20 bits per heavy atom. The first-order valence-corrected chi connectivity index (χ1v) is 6.37. The van der Waals surface area contributed by atoms with Gasteiger partial charge in [-0.1, -0.05) is 32.0 Å². The fourth-order valence-corrected chi connectivity index (χ4v) is 2.12. The molecule has 20 heavy (non-hydrogen) atoms. The smallest absolute Gasteiger partial charge is 0.404 e. The first-order chi connectivity index (χ1) is 9.28. The molecule has 3 nitrogen and oxygen atoms in total. The number of rotatable bonds is 5. The van der Waals surface area contributed by atoms with Crippen LogP contribution in [0.5, 0.6) is 5.75 Å². The maximum Gasteiger partial charge on any atom is 0.404 e. The van der Waals surface area contributed by atoms with Gasteiger partial charge in [0.1, 0.15) is 11.8 Å². The summed E-state index contributed by atoms with van der Waals surface area (Å²) in [5.74, 6) is -0.739. The van der Waals surface area contributed by atoms with E-state index >= 15 is 0 Å². The Morgan fingerprint density at radius 2 is 1.70 bits per heavy atom. The zero-order valence-corrected chi connectivity index (χ0v) is 11.4. The van der Waals surface area contributed by atoms with Gasteiger partial charge in [-0.25, -0.2) is 0 Å².